The molecular weight excluding hydrogens is 422 g/mol. The molecular formula is C25H29N3O5. The van der Waals surface area contributed by atoms with Crippen LogP contribution < -0.4 is 19.5 Å². The zero-order chi connectivity index (χ0) is 23.0. The van der Waals surface area contributed by atoms with Crippen LogP contribution in [0.5, 0.6) is 17.2 Å². The number of nitrogens with one attached hydrogen (secondary N) is 1. The first-order valence-electron chi connectivity index (χ1n) is 11.4. The number of nitrogens with zero attached hydrogens (tertiary/aromatic N) is 2. The molecule has 2 atom stereocenters. The number of benzene rings is 2. The highest BCUT2D eigenvalue weighted by atomic mass is 16.7. The van der Waals surface area contributed by atoms with Crippen LogP contribution in [0, 0.1) is 0 Å². The van der Waals surface area contributed by atoms with Gasteiger partial charge in [0.25, 0.3) is 5.91 Å². The topological polar surface area (TPSA) is 80.3 Å². The number of fused-ring (bicyclic) bond motifs is 1. The van der Waals surface area contributed by atoms with Crippen molar-refractivity contribution in [1.29, 1.82) is 0 Å². The molecule has 0 unspecified atom stereocenters. The van der Waals surface area contributed by atoms with E-state index in [1.165, 1.54) is 10.5 Å². The predicted octanol–water partition coefficient (Wildman–Crippen LogP) is 3.77. The van der Waals surface area contributed by atoms with Gasteiger partial charge in [-0.3, -0.25) is 9.69 Å². The summed E-state index contributed by atoms with van der Waals surface area (Å²) in [6, 6.07) is 13.2. The minimum Gasteiger partial charge on any atom is -0.497 e. The quantitative estimate of drug-likeness (QED) is 0.698. The van der Waals surface area contributed by atoms with Crippen LogP contribution in [0.15, 0.2) is 42.5 Å². The lowest BCUT2D eigenvalue weighted by molar-refractivity contribution is -0.132. The summed E-state index contributed by atoms with van der Waals surface area (Å²) in [4.78, 5) is 30.1. The maximum atomic E-state index is 13.6. The summed E-state index contributed by atoms with van der Waals surface area (Å²) in [6.07, 6.45) is 4.27. The fourth-order valence-corrected chi connectivity index (χ4v) is 4.95. The Hall–Kier alpha value is -3.26. The van der Waals surface area contributed by atoms with E-state index in [4.69, 9.17) is 14.2 Å². The molecule has 0 saturated carbocycles. The molecule has 0 spiro atoms. The van der Waals surface area contributed by atoms with Gasteiger partial charge < -0.3 is 19.5 Å². The number of likely N-dealkylation sites (tertiary alicyclic amines) is 1. The normalized spacial score (nSPS) is 25.2. The van der Waals surface area contributed by atoms with Gasteiger partial charge >= 0.3 is 6.03 Å². The molecule has 3 aliphatic rings. The highest BCUT2D eigenvalue weighted by Crippen LogP contribution is 2.38. The standard InChI is InChI=1S/C25H29N3O5/c1-25(18-9-12-21-22(14-18)33-16-32-21)23(29)28(24(30)26-25)15-27-13-5-3-4-6-20(27)17-7-10-19(31-2)11-8-17/h7-12,14,20H,3-6,13,15-16H2,1-2H3,(H,26,30)/t20-,25-/m1/s1. The molecule has 174 valence electrons. The largest absolute Gasteiger partial charge is 0.497 e. The SMILES string of the molecule is COc1ccc([C@H]2CCCCCN2CN2C(=O)N[C@](C)(c3ccc4c(c3)OCO4)C2=O)cc1. The zero-order valence-corrected chi connectivity index (χ0v) is 19.0. The Morgan fingerprint density at radius 2 is 1.85 bits per heavy atom. The van der Waals surface area contributed by atoms with E-state index < -0.39 is 5.54 Å². The molecule has 2 saturated heterocycles. The molecule has 2 fully saturated rings. The van der Waals surface area contributed by atoms with Crippen molar-refractivity contribution < 1.29 is 23.8 Å². The molecule has 8 heteroatoms. The lowest BCUT2D eigenvalue weighted by Crippen LogP contribution is -2.45. The maximum absolute atomic E-state index is 13.6. The summed E-state index contributed by atoms with van der Waals surface area (Å²) in [6.45, 7) is 2.98. The second-order valence-electron chi connectivity index (χ2n) is 8.95. The minimum atomic E-state index is -1.15. The Kier molecular flexibility index (Phi) is 5.62. The van der Waals surface area contributed by atoms with Crippen molar-refractivity contribution in [2.45, 2.75) is 44.2 Å². The van der Waals surface area contributed by atoms with Crippen molar-refractivity contribution in [2.24, 2.45) is 0 Å². The van der Waals surface area contributed by atoms with Gasteiger partial charge in [0.1, 0.15) is 11.3 Å². The first kappa shape index (κ1) is 21.6. The van der Waals surface area contributed by atoms with Gasteiger partial charge in [-0.05, 0) is 55.2 Å². The molecule has 1 N–H and O–H groups in total. The summed E-state index contributed by atoms with van der Waals surface area (Å²) >= 11 is 0. The molecule has 0 radical (unpaired) electrons. The van der Waals surface area contributed by atoms with E-state index in [0.29, 0.717) is 17.1 Å². The average Bonchev–Trinajstić information content (AvgIpc) is 3.29. The zero-order valence-electron chi connectivity index (χ0n) is 19.0. The van der Waals surface area contributed by atoms with Crippen LogP contribution in [0.25, 0.3) is 0 Å². The number of hydrogen-bond acceptors (Lipinski definition) is 6. The Morgan fingerprint density at radius 3 is 2.64 bits per heavy atom. The molecule has 3 amide bonds. The van der Waals surface area contributed by atoms with Gasteiger partial charge in [-0.25, -0.2) is 9.69 Å². The highest BCUT2D eigenvalue weighted by molar-refractivity contribution is 6.07. The van der Waals surface area contributed by atoms with E-state index in [9.17, 15) is 9.59 Å². The van der Waals surface area contributed by atoms with Crippen LogP contribution in [0.1, 0.15) is 49.8 Å². The number of imide groups is 1. The molecule has 5 rings (SSSR count). The monoisotopic (exact) mass is 451 g/mol. The number of methoxy groups -OCH3 is 1. The molecule has 3 heterocycles. The molecule has 0 aliphatic carbocycles. The van der Waals surface area contributed by atoms with Gasteiger partial charge in [0.2, 0.25) is 6.79 Å². The second kappa shape index (κ2) is 8.59. The number of amides is 3. The van der Waals surface area contributed by atoms with Gasteiger partial charge in [0.05, 0.1) is 13.8 Å². The average molecular weight is 452 g/mol. The van der Waals surface area contributed by atoms with E-state index in [-0.39, 0.29) is 31.4 Å². The van der Waals surface area contributed by atoms with Crippen LogP contribution >= 0.6 is 0 Å². The molecule has 8 nitrogen and oxygen atoms in total. The van der Waals surface area contributed by atoms with Gasteiger partial charge in [-0.15, -0.1) is 0 Å². The van der Waals surface area contributed by atoms with Crippen molar-refractivity contribution in [2.75, 3.05) is 27.1 Å². The van der Waals surface area contributed by atoms with E-state index in [1.807, 2.05) is 12.1 Å². The van der Waals surface area contributed by atoms with Crippen LogP contribution in [-0.4, -0.2) is 48.9 Å². The highest BCUT2D eigenvalue weighted by Gasteiger charge is 2.50. The first-order chi connectivity index (χ1) is 16.0. The number of carbonyl (C=O) groups is 2. The lowest BCUT2D eigenvalue weighted by atomic mass is 9.91. The van der Waals surface area contributed by atoms with Gasteiger partial charge in [0.15, 0.2) is 11.5 Å². The van der Waals surface area contributed by atoms with E-state index in [0.717, 1.165) is 38.0 Å². The first-order valence-corrected chi connectivity index (χ1v) is 11.4. The molecule has 3 aliphatic heterocycles. The van der Waals surface area contributed by atoms with Crippen LogP contribution in [-0.2, 0) is 10.3 Å². The van der Waals surface area contributed by atoms with Crippen molar-refractivity contribution in [3.8, 4) is 17.2 Å². The van der Waals surface area contributed by atoms with Crippen molar-refractivity contribution in [1.82, 2.24) is 15.1 Å². The van der Waals surface area contributed by atoms with Crippen molar-refractivity contribution >= 4 is 11.9 Å². The van der Waals surface area contributed by atoms with E-state index in [2.05, 4.69) is 22.3 Å². The van der Waals surface area contributed by atoms with Crippen LogP contribution in [0.4, 0.5) is 4.79 Å². The Bertz CT molecular complexity index is 1060. The number of urea groups is 1. The number of carbonyl (C=O) groups excluding carboxylic acids is 2. The smallest absolute Gasteiger partial charge is 0.326 e. The summed E-state index contributed by atoms with van der Waals surface area (Å²) in [5, 5.41) is 2.91. The van der Waals surface area contributed by atoms with Crippen molar-refractivity contribution in [3.63, 3.8) is 0 Å². The third kappa shape index (κ3) is 3.88. The molecule has 2 aromatic carbocycles. The van der Waals surface area contributed by atoms with Gasteiger partial charge in [-0.2, -0.15) is 0 Å². The Balaban J connectivity index is 1.38. The van der Waals surface area contributed by atoms with Gasteiger partial charge in [0, 0.05) is 12.6 Å². The third-order valence-corrected chi connectivity index (χ3v) is 6.91. The lowest BCUT2D eigenvalue weighted by Gasteiger charge is -2.33. The fourth-order valence-electron chi connectivity index (χ4n) is 4.95. The molecule has 33 heavy (non-hydrogen) atoms. The maximum Gasteiger partial charge on any atom is 0.326 e. The number of ether oxygens (including phenoxy) is 3. The van der Waals surface area contributed by atoms with E-state index in [1.54, 1.807) is 32.2 Å². The Labute approximate surface area is 193 Å². The Morgan fingerprint density at radius 1 is 1.06 bits per heavy atom. The van der Waals surface area contributed by atoms with Crippen LogP contribution in [0.2, 0.25) is 0 Å². The van der Waals surface area contributed by atoms with Crippen molar-refractivity contribution in [3.05, 3.63) is 53.6 Å². The molecule has 2 aromatic rings. The fraction of sp³-hybridized carbons (Fsp3) is 0.440. The number of hydrogen-bond donors (Lipinski definition) is 1. The molecule has 0 aromatic heterocycles. The van der Waals surface area contributed by atoms with E-state index >= 15 is 0 Å². The van der Waals surface area contributed by atoms with Crippen LogP contribution in [0.3, 0.4) is 0 Å². The molecule has 0 bridgehead atoms. The third-order valence-electron chi connectivity index (χ3n) is 6.91. The summed E-state index contributed by atoms with van der Waals surface area (Å²) in [5.41, 5.74) is 0.693. The summed E-state index contributed by atoms with van der Waals surface area (Å²) < 4.78 is 16.2. The second-order valence-corrected chi connectivity index (χ2v) is 8.95. The predicted molar refractivity (Wildman–Crippen MR) is 121 cm³/mol. The minimum absolute atomic E-state index is 0.136. The summed E-state index contributed by atoms with van der Waals surface area (Å²) in [5.74, 6) is 1.78. The number of rotatable bonds is 5. The van der Waals surface area contributed by atoms with Gasteiger partial charge in [-0.1, -0.05) is 31.0 Å². The summed E-state index contributed by atoms with van der Waals surface area (Å²) in [7, 11) is 1.65.